The maximum absolute atomic E-state index is 5.58. The molecule has 91 valence electrons. The largest absolute Gasteiger partial charge is 0.572 e. The van der Waals surface area contributed by atoms with E-state index in [0.29, 0.717) is 6.61 Å². The first-order chi connectivity index (χ1) is 8.19. The van der Waals surface area contributed by atoms with Crippen LogP contribution in [0.4, 0.5) is 0 Å². The number of ether oxygens (including phenoxy) is 1. The zero-order valence-electron chi connectivity index (χ0n) is 10.8. The van der Waals surface area contributed by atoms with Gasteiger partial charge in [-0.2, -0.15) is 0 Å². The molecule has 1 radical (unpaired) electrons. The van der Waals surface area contributed by atoms with E-state index in [2.05, 4.69) is 0 Å². The highest BCUT2D eigenvalue weighted by Gasteiger charge is 2.07. The van der Waals surface area contributed by atoms with Crippen molar-refractivity contribution in [3.05, 3.63) is 35.4 Å². The van der Waals surface area contributed by atoms with Gasteiger partial charge in [0.1, 0.15) is 18.1 Å². The zero-order chi connectivity index (χ0) is 12.7. The van der Waals surface area contributed by atoms with Crippen LogP contribution in [-0.2, 0) is 4.65 Å². The molecule has 0 spiro atoms. The predicted molar refractivity (Wildman–Crippen MR) is 69.6 cm³/mol. The van der Waals surface area contributed by atoms with Crippen molar-refractivity contribution in [3.8, 4) is 11.5 Å². The molecular formula is C13H18BO3. The second-order valence-electron chi connectivity index (χ2n) is 3.72. The quantitative estimate of drug-likeness (QED) is 0.558. The van der Waals surface area contributed by atoms with Gasteiger partial charge in [0, 0.05) is 7.11 Å². The molecule has 4 heteroatoms. The Hall–Kier alpha value is -1.42. The molecule has 0 aliphatic heterocycles. The summed E-state index contributed by atoms with van der Waals surface area (Å²) in [5.74, 6) is 1.66. The lowest BCUT2D eigenvalue weighted by atomic mass is 10.1. The van der Waals surface area contributed by atoms with Crippen molar-refractivity contribution in [2.24, 2.45) is 0 Å². The molecule has 0 heterocycles. The first kappa shape index (κ1) is 13.6. The second-order valence-corrected chi connectivity index (χ2v) is 3.72. The lowest BCUT2D eigenvalue weighted by Crippen LogP contribution is -2.07. The normalized spacial score (nSPS) is 10.6. The topological polar surface area (TPSA) is 27.7 Å². The molecule has 0 N–H and O–H groups in total. The molecule has 17 heavy (non-hydrogen) atoms. The number of aryl methyl sites for hydroxylation is 2. The molecule has 0 saturated carbocycles. The van der Waals surface area contributed by atoms with Gasteiger partial charge in [-0.25, -0.2) is 0 Å². The number of hydrogen-bond donors (Lipinski definition) is 0. The summed E-state index contributed by atoms with van der Waals surface area (Å²) in [4.78, 5) is 0. The van der Waals surface area contributed by atoms with E-state index in [9.17, 15) is 0 Å². The predicted octanol–water partition coefficient (Wildman–Crippen LogP) is 2.82. The van der Waals surface area contributed by atoms with E-state index in [-0.39, 0.29) is 0 Å². The molecule has 0 amide bonds. The van der Waals surface area contributed by atoms with Crippen molar-refractivity contribution >= 4 is 7.69 Å². The van der Waals surface area contributed by atoms with Crippen LogP contribution in [0.1, 0.15) is 18.1 Å². The molecule has 0 aliphatic rings. The summed E-state index contributed by atoms with van der Waals surface area (Å²) in [5.41, 5.74) is 2.04. The highest BCUT2D eigenvalue weighted by atomic mass is 16.6. The Bertz CT molecular complexity index is 365. The Morgan fingerprint density at radius 1 is 1.24 bits per heavy atom. The van der Waals surface area contributed by atoms with Crippen molar-refractivity contribution in [1.82, 2.24) is 0 Å². The third-order valence-electron chi connectivity index (χ3n) is 2.28. The third-order valence-corrected chi connectivity index (χ3v) is 2.28. The first-order valence-electron chi connectivity index (χ1n) is 5.55. The molecule has 0 bridgehead atoms. The molecule has 0 fully saturated rings. The van der Waals surface area contributed by atoms with Gasteiger partial charge < -0.3 is 14.0 Å². The van der Waals surface area contributed by atoms with E-state index in [1.54, 1.807) is 7.11 Å². The molecule has 1 aromatic carbocycles. The van der Waals surface area contributed by atoms with Crippen LogP contribution >= 0.6 is 0 Å². The molecule has 0 aliphatic carbocycles. The molecular weight excluding hydrogens is 215 g/mol. The average molecular weight is 233 g/mol. The summed E-state index contributed by atoms with van der Waals surface area (Å²) >= 11 is 0. The van der Waals surface area contributed by atoms with Crippen LogP contribution in [-0.4, -0.2) is 21.4 Å². The van der Waals surface area contributed by atoms with Gasteiger partial charge in [0.05, 0.1) is 0 Å². The van der Waals surface area contributed by atoms with Crippen molar-refractivity contribution in [2.75, 3.05) is 13.7 Å². The molecule has 0 unspecified atom stereocenters. The Labute approximate surface area is 104 Å². The summed E-state index contributed by atoms with van der Waals surface area (Å²) in [7, 11) is 2.87. The number of allylic oxidation sites excluding steroid dienone is 1. The van der Waals surface area contributed by atoms with Crippen LogP contribution in [0.3, 0.4) is 0 Å². The fourth-order valence-electron chi connectivity index (χ4n) is 1.52. The standard InChI is InChI=1S/C13H18BO3/c1-5-6-7-16-12-8-10(2)13(11(3)9-12)17-14-15-4/h5-6,8-9H,7H2,1-4H3/b6-5+. The number of hydrogen-bond acceptors (Lipinski definition) is 3. The Morgan fingerprint density at radius 2 is 1.88 bits per heavy atom. The molecule has 0 saturated heterocycles. The smallest absolute Gasteiger partial charge is 0.537 e. The van der Waals surface area contributed by atoms with Gasteiger partial charge in [0.2, 0.25) is 0 Å². The van der Waals surface area contributed by atoms with E-state index >= 15 is 0 Å². The van der Waals surface area contributed by atoms with Crippen LogP contribution in [0.15, 0.2) is 24.3 Å². The van der Waals surface area contributed by atoms with E-state index in [1.165, 1.54) is 7.69 Å². The summed E-state index contributed by atoms with van der Waals surface area (Å²) in [6.07, 6.45) is 3.93. The zero-order valence-corrected chi connectivity index (χ0v) is 10.8. The number of rotatable bonds is 6. The van der Waals surface area contributed by atoms with Crippen LogP contribution in [0.5, 0.6) is 11.5 Å². The molecule has 3 nitrogen and oxygen atoms in total. The monoisotopic (exact) mass is 233 g/mol. The molecule has 0 aromatic heterocycles. The lowest BCUT2D eigenvalue weighted by Gasteiger charge is -2.13. The van der Waals surface area contributed by atoms with Gasteiger partial charge in [0.15, 0.2) is 0 Å². The third kappa shape index (κ3) is 4.15. The fourth-order valence-corrected chi connectivity index (χ4v) is 1.52. The minimum atomic E-state index is 0.583. The minimum absolute atomic E-state index is 0.583. The minimum Gasteiger partial charge on any atom is -0.537 e. The summed E-state index contributed by atoms with van der Waals surface area (Å²) in [6.45, 7) is 6.51. The van der Waals surface area contributed by atoms with Gasteiger partial charge in [0.25, 0.3) is 0 Å². The molecule has 1 rings (SSSR count). The Morgan fingerprint density at radius 3 is 2.41 bits per heavy atom. The Kier molecular flexibility index (Phi) is 5.63. The number of benzene rings is 1. The summed E-state index contributed by atoms with van der Waals surface area (Å²) < 4.78 is 15.7. The van der Waals surface area contributed by atoms with Crippen molar-refractivity contribution < 1.29 is 14.0 Å². The van der Waals surface area contributed by atoms with E-state index in [1.807, 2.05) is 45.1 Å². The summed E-state index contributed by atoms with van der Waals surface area (Å²) in [5, 5.41) is 0. The van der Waals surface area contributed by atoms with Crippen molar-refractivity contribution in [3.63, 3.8) is 0 Å². The van der Waals surface area contributed by atoms with E-state index < -0.39 is 0 Å². The van der Waals surface area contributed by atoms with Crippen LogP contribution in [0, 0.1) is 13.8 Å². The fraction of sp³-hybridized carbons (Fsp3) is 0.385. The van der Waals surface area contributed by atoms with Gasteiger partial charge in [-0.3, -0.25) is 0 Å². The van der Waals surface area contributed by atoms with Gasteiger partial charge >= 0.3 is 7.69 Å². The highest BCUT2D eigenvalue weighted by molar-refractivity contribution is 6.19. The maximum Gasteiger partial charge on any atom is 0.572 e. The van der Waals surface area contributed by atoms with Crippen LogP contribution < -0.4 is 9.39 Å². The lowest BCUT2D eigenvalue weighted by molar-refractivity contribution is 0.356. The van der Waals surface area contributed by atoms with Gasteiger partial charge in [-0.05, 0) is 44.0 Å². The Balaban J connectivity index is 2.77. The van der Waals surface area contributed by atoms with Crippen molar-refractivity contribution in [1.29, 1.82) is 0 Å². The van der Waals surface area contributed by atoms with Crippen molar-refractivity contribution in [2.45, 2.75) is 20.8 Å². The second kappa shape index (κ2) is 7.02. The van der Waals surface area contributed by atoms with Crippen LogP contribution in [0.25, 0.3) is 0 Å². The van der Waals surface area contributed by atoms with Crippen LogP contribution in [0.2, 0.25) is 0 Å². The van der Waals surface area contributed by atoms with Gasteiger partial charge in [-0.15, -0.1) is 0 Å². The highest BCUT2D eigenvalue weighted by Crippen LogP contribution is 2.28. The van der Waals surface area contributed by atoms with Gasteiger partial charge in [-0.1, -0.05) is 12.2 Å². The maximum atomic E-state index is 5.58. The SMILES string of the molecule is C/C=C/COc1cc(C)c(O[B]OC)c(C)c1. The van der Waals surface area contributed by atoms with E-state index in [0.717, 1.165) is 22.6 Å². The van der Waals surface area contributed by atoms with E-state index in [4.69, 9.17) is 14.0 Å². The molecule has 0 atom stereocenters. The summed E-state index contributed by atoms with van der Waals surface area (Å²) in [6, 6.07) is 3.91. The first-order valence-corrected chi connectivity index (χ1v) is 5.55. The molecule has 1 aromatic rings. The average Bonchev–Trinajstić information content (AvgIpc) is 2.28.